The second-order valence-corrected chi connectivity index (χ2v) is 16.5. The van der Waals surface area contributed by atoms with Crippen LogP contribution in [0.25, 0.3) is 11.1 Å². The van der Waals surface area contributed by atoms with E-state index in [0.29, 0.717) is 0 Å². The van der Waals surface area contributed by atoms with Gasteiger partial charge in [-0.2, -0.15) is 0 Å². The summed E-state index contributed by atoms with van der Waals surface area (Å²) in [6.07, 6.45) is -9.29. The summed E-state index contributed by atoms with van der Waals surface area (Å²) >= 11 is 0. The van der Waals surface area contributed by atoms with E-state index in [9.17, 15) is 33.6 Å². The number of amides is 3. The lowest BCUT2D eigenvalue weighted by molar-refractivity contribution is -0.233. The van der Waals surface area contributed by atoms with Crippen molar-refractivity contribution < 1.29 is 66.7 Å². The first-order valence-corrected chi connectivity index (χ1v) is 22.6. The highest BCUT2D eigenvalue weighted by atomic mass is 16.7. The SMILES string of the molecule is O=C(NC[C@H]1C(=O)OCN1C(=O)OCC1c2ccccc2-c2ccccc21)N[C@@H]1O[C@H](COC(=O)c2ccccc2)[C@H](OC(=O)c2ccccc2)[C@H](OC(=O)c2ccccc2)[C@H]1OC(=O)c1ccccc1. The topological polar surface area (TPSA) is 211 Å². The number of carbonyl (C=O) groups excluding carboxylic acids is 7. The number of hydrogen-bond donors (Lipinski definition) is 2. The van der Waals surface area contributed by atoms with Crippen LogP contribution in [0, 0.1) is 0 Å². The van der Waals surface area contributed by atoms with Gasteiger partial charge in [0, 0.05) is 5.92 Å². The Morgan fingerprint density at radius 1 is 0.521 bits per heavy atom. The number of urea groups is 1. The summed E-state index contributed by atoms with van der Waals surface area (Å²) in [7, 11) is 0. The molecule has 0 saturated carbocycles. The average Bonchev–Trinajstić information content (AvgIpc) is 3.95. The molecular weight excluding hydrogens is 915 g/mol. The molecule has 17 heteroatoms. The van der Waals surface area contributed by atoms with Gasteiger partial charge in [-0.25, -0.2) is 33.6 Å². The Morgan fingerprint density at radius 2 is 0.972 bits per heavy atom. The lowest BCUT2D eigenvalue weighted by Crippen LogP contribution is -2.67. The lowest BCUT2D eigenvalue weighted by Gasteiger charge is -2.44. The minimum absolute atomic E-state index is 0.0419. The normalized spacial score (nSPS) is 20.0. The lowest BCUT2D eigenvalue weighted by atomic mass is 9.96. The summed E-state index contributed by atoms with van der Waals surface area (Å²) in [6, 6.07) is 44.7. The van der Waals surface area contributed by atoms with Gasteiger partial charge in [0.05, 0.1) is 28.8 Å². The van der Waals surface area contributed by atoms with Gasteiger partial charge in [-0.05, 0) is 70.8 Å². The number of esters is 5. The van der Waals surface area contributed by atoms with E-state index in [2.05, 4.69) is 10.6 Å². The molecule has 0 spiro atoms. The molecule has 2 fully saturated rings. The Balaban J connectivity index is 0.976. The standard InChI is InChI=1S/C54H45N3O14/c58-48(33-17-5-1-6-18-33)65-31-43-44(69-49(59)34-19-7-2-8-20-34)45(70-50(60)35-21-9-3-10-22-35)46(71-51(61)36-23-11-4-12-24-36)47(68-43)56-53(63)55-29-42-52(62)67-32-57(42)54(64)66-30-41-39-27-15-13-25-37(39)38-26-14-16-28-40(38)41/h1-28,41-47H,29-32H2,(H2,55,56,63)/t42-,43+,44-,45-,46+,47+/m0/s1. The molecule has 9 rings (SSSR count). The molecule has 0 unspecified atom stereocenters. The van der Waals surface area contributed by atoms with Gasteiger partial charge in [0.25, 0.3) is 0 Å². The zero-order chi connectivity index (χ0) is 49.3. The van der Waals surface area contributed by atoms with Gasteiger partial charge in [0.15, 0.2) is 37.3 Å². The van der Waals surface area contributed by atoms with E-state index in [-0.39, 0.29) is 34.8 Å². The van der Waals surface area contributed by atoms with Gasteiger partial charge in [-0.1, -0.05) is 121 Å². The van der Waals surface area contributed by atoms with Gasteiger partial charge in [0.2, 0.25) is 0 Å². The van der Waals surface area contributed by atoms with E-state index in [0.717, 1.165) is 27.2 Å². The maximum absolute atomic E-state index is 14.0. The minimum atomic E-state index is -1.77. The first-order chi connectivity index (χ1) is 34.6. The van der Waals surface area contributed by atoms with Crippen molar-refractivity contribution in [3.63, 3.8) is 0 Å². The predicted molar refractivity (Wildman–Crippen MR) is 251 cm³/mol. The molecule has 6 atom stereocenters. The maximum Gasteiger partial charge on any atom is 0.413 e. The Bertz CT molecular complexity index is 2860. The molecule has 3 aliphatic rings. The van der Waals surface area contributed by atoms with Crippen LogP contribution < -0.4 is 10.6 Å². The van der Waals surface area contributed by atoms with Crippen LogP contribution in [0.1, 0.15) is 58.5 Å². The van der Waals surface area contributed by atoms with Crippen LogP contribution in [0.15, 0.2) is 170 Å². The summed E-state index contributed by atoms with van der Waals surface area (Å²) < 4.78 is 41.2. The van der Waals surface area contributed by atoms with E-state index in [1.807, 2.05) is 48.5 Å². The molecule has 2 saturated heterocycles. The minimum Gasteiger partial charge on any atom is -0.459 e. The Morgan fingerprint density at radius 3 is 1.49 bits per heavy atom. The van der Waals surface area contributed by atoms with Gasteiger partial charge in [0.1, 0.15) is 19.3 Å². The van der Waals surface area contributed by atoms with Crippen molar-refractivity contribution >= 4 is 42.0 Å². The molecular formula is C54H45N3O14. The van der Waals surface area contributed by atoms with E-state index in [1.54, 1.807) is 72.8 Å². The molecule has 1 aliphatic carbocycles. The van der Waals surface area contributed by atoms with Crippen LogP contribution in [-0.4, -0.2) is 110 Å². The highest BCUT2D eigenvalue weighted by molar-refractivity contribution is 5.92. The van der Waals surface area contributed by atoms with Crippen molar-refractivity contribution in [3.8, 4) is 11.1 Å². The Labute approximate surface area is 406 Å². The van der Waals surface area contributed by atoms with Crippen LogP contribution in [-0.2, 0) is 38.0 Å². The predicted octanol–water partition coefficient (Wildman–Crippen LogP) is 6.68. The van der Waals surface area contributed by atoms with Gasteiger partial charge in [-0.15, -0.1) is 0 Å². The number of nitrogens with one attached hydrogen (secondary N) is 2. The van der Waals surface area contributed by atoms with E-state index < -0.39 is 98.5 Å². The van der Waals surface area contributed by atoms with Crippen molar-refractivity contribution in [2.45, 2.75) is 42.6 Å². The molecule has 3 amide bonds. The van der Waals surface area contributed by atoms with Crippen LogP contribution in [0.5, 0.6) is 0 Å². The van der Waals surface area contributed by atoms with Crippen molar-refractivity contribution in [1.29, 1.82) is 0 Å². The second-order valence-electron chi connectivity index (χ2n) is 16.5. The van der Waals surface area contributed by atoms with Crippen LogP contribution in [0.3, 0.4) is 0 Å². The summed E-state index contributed by atoms with van der Waals surface area (Å²) in [5.74, 6) is -4.66. The van der Waals surface area contributed by atoms with Crippen molar-refractivity contribution in [3.05, 3.63) is 203 Å². The number of nitrogens with zero attached hydrogens (tertiary/aromatic N) is 1. The van der Waals surface area contributed by atoms with Crippen molar-refractivity contribution in [2.75, 3.05) is 26.5 Å². The molecule has 6 aromatic rings. The first-order valence-electron chi connectivity index (χ1n) is 22.6. The molecule has 360 valence electrons. The van der Waals surface area contributed by atoms with E-state index in [4.69, 9.17) is 33.2 Å². The fourth-order valence-electron chi connectivity index (χ4n) is 8.55. The number of carbonyl (C=O) groups is 7. The highest BCUT2D eigenvalue weighted by Crippen LogP contribution is 2.44. The van der Waals surface area contributed by atoms with Crippen LogP contribution in [0.4, 0.5) is 9.59 Å². The van der Waals surface area contributed by atoms with Crippen molar-refractivity contribution in [1.82, 2.24) is 15.5 Å². The van der Waals surface area contributed by atoms with Gasteiger partial charge >= 0.3 is 42.0 Å². The van der Waals surface area contributed by atoms with Crippen LogP contribution >= 0.6 is 0 Å². The molecule has 17 nitrogen and oxygen atoms in total. The molecule has 2 aliphatic heterocycles. The molecule has 2 N–H and O–H groups in total. The molecule has 71 heavy (non-hydrogen) atoms. The average molecular weight is 960 g/mol. The third-order valence-corrected chi connectivity index (χ3v) is 12.1. The smallest absolute Gasteiger partial charge is 0.413 e. The summed E-state index contributed by atoms with van der Waals surface area (Å²) in [6.45, 7) is -1.62. The zero-order valence-corrected chi connectivity index (χ0v) is 37.7. The number of benzene rings is 6. The second kappa shape index (κ2) is 21.6. The molecule has 0 bridgehead atoms. The Kier molecular flexibility index (Phi) is 14.4. The molecule has 6 aromatic carbocycles. The van der Waals surface area contributed by atoms with E-state index >= 15 is 0 Å². The molecule has 2 heterocycles. The largest absolute Gasteiger partial charge is 0.459 e. The fraction of sp³-hybridized carbons (Fsp3) is 0.204. The van der Waals surface area contributed by atoms with E-state index in [1.165, 1.54) is 48.5 Å². The summed E-state index contributed by atoms with van der Waals surface area (Å²) in [5.41, 5.74) is 4.42. The summed E-state index contributed by atoms with van der Waals surface area (Å²) in [4.78, 5) is 96.9. The monoisotopic (exact) mass is 959 g/mol. The summed E-state index contributed by atoms with van der Waals surface area (Å²) in [5, 5.41) is 5.13. The fourth-order valence-corrected chi connectivity index (χ4v) is 8.55. The number of cyclic esters (lactones) is 1. The zero-order valence-electron chi connectivity index (χ0n) is 37.7. The number of fused-ring (bicyclic) bond motifs is 3. The third kappa shape index (κ3) is 10.7. The molecule has 0 radical (unpaired) electrons. The first kappa shape index (κ1) is 47.2. The Hall–Kier alpha value is -8.83. The quantitative estimate of drug-likeness (QED) is 0.0862. The highest BCUT2D eigenvalue weighted by Gasteiger charge is 2.54. The van der Waals surface area contributed by atoms with Crippen molar-refractivity contribution in [2.24, 2.45) is 0 Å². The number of rotatable bonds is 14. The number of ether oxygens (including phenoxy) is 7. The number of hydrogen-bond acceptors (Lipinski definition) is 14. The van der Waals surface area contributed by atoms with Crippen LogP contribution in [0.2, 0.25) is 0 Å². The third-order valence-electron chi connectivity index (χ3n) is 12.1. The maximum atomic E-state index is 14.0. The van der Waals surface area contributed by atoms with Gasteiger partial charge < -0.3 is 43.8 Å². The van der Waals surface area contributed by atoms with Gasteiger partial charge in [-0.3, -0.25) is 4.90 Å². The molecule has 0 aromatic heterocycles.